The SMILES string of the molecule is CO/N=C1/CN(c2nc3c(cc2F)c(=O)c(C(=O)O)cn3C2CC2)CC1C/N=C/c1ccccc1O. The first-order valence-corrected chi connectivity index (χ1v) is 11.5. The van der Waals surface area contributed by atoms with Crippen LogP contribution in [0, 0.1) is 11.7 Å². The highest BCUT2D eigenvalue weighted by Gasteiger charge is 2.33. The molecule has 1 aliphatic heterocycles. The summed E-state index contributed by atoms with van der Waals surface area (Å²) in [7, 11) is 1.43. The molecular formula is C25H24FN5O5. The van der Waals surface area contributed by atoms with Crippen molar-refractivity contribution in [3.05, 3.63) is 63.7 Å². The van der Waals surface area contributed by atoms with Gasteiger partial charge in [0.25, 0.3) is 0 Å². The van der Waals surface area contributed by atoms with Crippen molar-refractivity contribution in [1.29, 1.82) is 0 Å². The van der Waals surface area contributed by atoms with Crippen LogP contribution in [0.25, 0.3) is 11.0 Å². The van der Waals surface area contributed by atoms with Gasteiger partial charge in [0, 0.05) is 43.0 Å². The van der Waals surface area contributed by atoms with Crippen molar-refractivity contribution in [2.45, 2.75) is 18.9 Å². The van der Waals surface area contributed by atoms with Crippen LogP contribution in [0.4, 0.5) is 10.2 Å². The topological polar surface area (TPSA) is 130 Å². The first-order chi connectivity index (χ1) is 17.4. The van der Waals surface area contributed by atoms with Gasteiger partial charge < -0.3 is 24.5 Å². The second kappa shape index (κ2) is 9.40. The molecule has 2 N–H and O–H groups in total. The van der Waals surface area contributed by atoms with E-state index >= 15 is 4.39 Å². The molecule has 36 heavy (non-hydrogen) atoms. The quantitative estimate of drug-likeness (QED) is 0.382. The molecule has 1 aromatic carbocycles. The molecule has 1 unspecified atom stereocenters. The lowest BCUT2D eigenvalue weighted by molar-refractivity contribution is 0.0695. The summed E-state index contributed by atoms with van der Waals surface area (Å²) in [4.78, 5) is 39.9. The molecule has 2 fully saturated rings. The van der Waals surface area contributed by atoms with Crippen LogP contribution in [0.5, 0.6) is 5.75 Å². The molecule has 186 valence electrons. The molecule has 0 amide bonds. The highest BCUT2D eigenvalue weighted by atomic mass is 19.1. The van der Waals surface area contributed by atoms with E-state index in [2.05, 4.69) is 15.1 Å². The van der Waals surface area contributed by atoms with Crippen molar-refractivity contribution < 1.29 is 24.2 Å². The Morgan fingerprint density at radius 1 is 1.33 bits per heavy atom. The number of carboxylic acid groups (broad SMARTS) is 1. The van der Waals surface area contributed by atoms with Crippen molar-refractivity contribution in [3.63, 3.8) is 0 Å². The van der Waals surface area contributed by atoms with Crippen LogP contribution in [0.2, 0.25) is 0 Å². The van der Waals surface area contributed by atoms with Gasteiger partial charge in [-0.2, -0.15) is 0 Å². The van der Waals surface area contributed by atoms with Gasteiger partial charge in [-0.3, -0.25) is 9.79 Å². The Labute approximate surface area is 205 Å². The number of rotatable bonds is 7. The van der Waals surface area contributed by atoms with Gasteiger partial charge in [-0.25, -0.2) is 14.2 Å². The Morgan fingerprint density at radius 3 is 2.81 bits per heavy atom. The van der Waals surface area contributed by atoms with E-state index in [1.165, 1.54) is 13.3 Å². The first-order valence-electron chi connectivity index (χ1n) is 11.5. The van der Waals surface area contributed by atoms with Crippen molar-refractivity contribution >= 4 is 34.7 Å². The maximum atomic E-state index is 15.3. The normalized spacial score (nSPS) is 19.0. The molecule has 3 aromatic rings. The van der Waals surface area contributed by atoms with E-state index in [1.54, 1.807) is 39.9 Å². The smallest absolute Gasteiger partial charge is 0.341 e. The number of fused-ring (bicyclic) bond motifs is 1. The average Bonchev–Trinajstić information content (AvgIpc) is 3.62. The van der Waals surface area contributed by atoms with Crippen LogP contribution in [-0.2, 0) is 4.84 Å². The summed E-state index contributed by atoms with van der Waals surface area (Å²) in [6.45, 7) is 0.939. The van der Waals surface area contributed by atoms with E-state index in [1.807, 2.05) is 0 Å². The average molecular weight is 493 g/mol. The van der Waals surface area contributed by atoms with Crippen molar-refractivity contribution in [3.8, 4) is 5.75 Å². The minimum absolute atomic E-state index is 0.0256. The Hall–Kier alpha value is -4.28. The summed E-state index contributed by atoms with van der Waals surface area (Å²) in [5, 5.41) is 23.4. The molecular weight excluding hydrogens is 469 g/mol. The number of aromatic hydroxyl groups is 1. The van der Waals surface area contributed by atoms with Crippen molar-refractivity contribution in [2.24, 2.45) is 16.1 Å². The van der Waals surface area contributed by atoms with Gasteiger partial charge >= 0.3 is 5.97 Å². The molecule has 5 rings (SSSR count). The predicted molar refractivity (Wildman–Crippen MR) is 132 cm³/mol. The molecule has 1 saturated carbocycles. The molecule has 1 aliphatic carbocycles. The number of anilines is 1. The number of pyridine rings is 2. The van der Waals surface area contributed by atoms with Gasteiger partial charge in [-0.15, -0.1) is 0 Å². The summed E-state index contributed by atoms with van der Waals surface area (Å²) in [5.74, 6) is -2.10. The third-order valence-corrected chi connectivity index (χ3v) is 6.38. The molecule has 2 aromatic heterocycles. The second-order valence-corrected chi connectivity index (χ2v) is 8.88. The summed E-state index contributed by atoms with van der Waals surface area (Å²) in [6.07, 6.45) is 4.54. The van der Waals surface area contributed by atoms with E-state index < -0.39 is 22.8 Å². The third kappa shape index (κ3) is 4.39. The number of phenols is 1. The molecule has 1 saturated heterocycles. The van der Waals surface area contributed by atoms with Gasteiger partial charge in [0.1, 0.15) is 24.1 Å². The Kier molecular flexibility index (Phi) is 6.13. The van der Waals surface area contributed by atoms with Gasteiger partial charge in [0.15, 0.2) is 11.6 Å². The molecule has 0 radical (unpaired) electrons. The van der Waals surface area contributed by atoms with Crippen LogP contribution in [-0.4, -0.2) is 64.4 Å². The van der Waals surface area contributed by atoms with E-state index in [4.69, 9.17) is 4.84 Å². The van der Waals surface area contributed by atoms with Crippen LogP contribution < -0.4 is 10.3 Å². The van der Waals surface area contributed by atoms with Crippen LogP contribution in [0.1, 0.15) is 34.8 Å². The third-order valence-electron chi connectivity index (χ3n) is 6.38. The Balaban J connectivity index is 1.47. The number of para-hydroxylation sites is 1. The van der Waals surface area contributed by atoms with Crippen LogP contribution in [0.15, 0.2) is 51.5 Å². The zero-order valence-corrected chi connectivity index (χ0v) is 19.5. The van der Waals surface area contributed by atoms with Gasteiger partial charge in [-0.05, 0) is 31.0 Å². The fourth-order valence-corrected chi connectivity index (χ4v) is 4.42. The summed E-state index contributed by atoms with van der Waals surface area (Å²) in [5.41, 5.74) is 0.344. The molecule has 2 aliphatic rings. The highest BCUT2D eigenvalue weighted by Crippen LogP contribution is 2.37. The number of aromatic nitrogens is 2. The lowest BCUT2D eigenvalue weighted by atomic mass is 10.1. The number of aromatic carboxylic acids is 1. The maximum Gasteiger partial charge on any atom is 0.341 e. The minimum Gasteiger partial charge on any atom is -0.507 e. The van der Waals surface area contributed by atoms with Crippen LogP contribution >= 0.6 is 0 Å². The highest BCUT2D eigenvalue weighted by molar-refractivity contribution is 5.95. The molecule has 1 atom stereocenters. The number of hydrogen-bond donors (Lipinski definition) is 2. The van der Waals surface area contributed by atoms with E-state index in [0.717, 1.165) is 18.9 Å². The molecule has 11 heteroatoms. The molecule has 0 spiro atoms. The second-order valence-electron chi connectivity index (χ2n) is 8.88. The number of phenolic OH excluding ortho intramolecular Hbond substituents is 1. The number of carbonyl (C=O) groups is 1. The number of carboxylic acids is 1. The van der Waals surface area contributed by atoms with E-state index in [9.17, 15) is 19.8 Å². The number of hydrogen-bond acceptors (Lipinski definition) is 8. The first kappa shape index (κ1) is 23.5. The largest absolute Gasteiger partial charge is 0.507 e. The van der Waals surface area contributed by atoms with E-state index in [-0.39, 0.29) is 41.1 Å². The molecule has 0 bridgehead atoms. The van der Waals surface area contributed by atoms with E-state index in [0.29, 0.717) is 24.4 Å². The number of halogens is 1. The summed E-state index contributed by atoms with van der Waals surface area (Å²) >= 11 is 0. The standard InChI is InChI=1S/C25H24FN5O5/c1-36-29-20-13-30(11-15(20)10-27-9-14-4-2-3-5-21(14)32)24-19(26)8-17-22(33)18(25(34)35)12-31(16-6-7-16)23(17)28-24/h2-5,8-9,12,15-16,32H,6-7,10-11,13H2,1H3,(H,34,35)/b27-9+,29-20-. The molecule has 10 nitrogen and oxygen atoms in total. The Bertz CT molecular complexity index is 1460. The molecule has 3 heterocycles. The van der Waals surface area contributed by atoms with Gasteiger partial charge in [-0.1, -0.05) is 17.3 Å². The van der Waals surface area contributed by atoms with Crippen LogP contribution in [0.3, 0.4) is 0 Å². The number of nitrogens with zero attached hydrogens (tertiary/aromatic N) is 5. The number of aliphatic imine (C=N–C) groups is 1. The number of benzene rings is 1. The summed E-state index contributed by atoms with van der Waals surface area (Å²) < 4.78 is 16.9. The van der Waals surface area contributed by atoms with Gasteiger partial charge in [0.2, 0.25) is 5.43 Å². The summed E-state index contributed by atoms with van der Waals surface area (Å²) in [6, 6.07) is 7.94. The fraction of sp³-hybridized carbons (Fsp3) is 0.320. The minimum atomic E-state index is -1.35. The zero-order chi connectivity index (χ0) is 25.4. The maximum absolute atomic E-state index is 15.3. The van der Waals surface area contributed by atoms with Gasteiger partial charge in [0.05, 0.1) is 17.6 Å². The lowest BCUT2D eigenvalue weighted by Gasteiger charge is -2.19. The zero-order valence-electron chi connectivity index (χ0n) is 19.5. The Morgan fingerprint density at radius 2 is 2.11 bits per heavy atom. The number of oxime groups is 1. The predicted octanol–water partition coefficient (Wildman–Crippen LogP) is 2.83. The fourth-order valence-electron chi connectivity index (χ4n) is 4.42. The van der Waals surface area contributed by atoms with Crippen molar-refractivity contribution in [2.75, 3.05) is 31.6 Å². The monoisotopic (exact) mass is 493 g/mol. The van der Waals surface area contributed by atoms with Crippen molar-refractivity contribution in [1.82, 2.24) is 9.55 Å². The lowest BCUT2D eigenvalue weighted by Crippen LogP contribution is -2.25.